The molecule has 1 amide bonds. The highest BCUT2D eigenvalue weighted by molar-refractivity contribution is 5.83. The van der Waals surface area contributed by atoms with Gasteiger partial charge in [-0.3, -0.25) is 10.1 Å². The normalized spacial score (nSPS) is 22.8. The van der Waals surface area contributed by atoms with Crippen molar-refractivity contribution in [3.8, 4) is 0 Å². The van der Waals surface area contributed by atoms with Gasteiger partial charge in [-0.1, -0.05) is 39.5 Å². The van der Waals surface area contributed by atoms with Gasteiger partial charge in [0.1, 0.15) is 0 Å². The Hall–Kier alpha value is -0.570. The molecule has 0 aromatic rings. The highest BCUT2D eigenvalue weighted by Gasteiger charge is 2.31. The SMILES string of the molecule is CCCCCCC(C)N1CNC(CC)C1=O. The van der Waals surface area contributed by atoms with Crippen molar-refractivity contribution < 1.29 is 4.79 Å². The van der Waals surface area contributed by atoms with Crippen LogP contribution in [0.3, 0.4) is 0 Å². The van der Waals surface area contributed by atoms with Gasteiger partial charge >= 0.3 is 0 Å². The molecule has 1 rings (SSSR count). The predicted molar refractivity (Wildman–Crippen MR) is 67.1 cm³/mol. The van der Waals surface area contributed by atoms with Crippen molar-refractivity contribution in [2.45, 2.75) is 71.4 Å². The largest absolute Gasteiger partial charge is 0.326 e. The molecule has 2 atom stereocenters. The first-order valence-corrected chi connectivity index (χ1v) is 6.74. The van der Waals surface area contributed by atoms with Crippen molar-refractivity contribution in [2.75, 3.05) is 6.67 Å². The molecule has 0 radical (unpaired) electrons. The molecule has 0 saturated carbocycles. The zero-order chi connectivity index (χ0) is 12.0. The summed E-state index contributed by atoms with van der Waals surface area (Å²) in [5.74, 6) is 0.297. The van der Waals surface area contributed by atoms with Crippen molar-refractivity contribution in [3.05, 3.63) is 0 Å². The third-order valence-electron chi connectivity index (χ3n) is 3.50. The second-order valence-corrected chi connectivity index (χ2v) is 4.83. The van der Waals surface area contributed by atoms with Crippen molar-refractivity contribution in [1.82, 2.24) is 10.2 Å². The number of amides is 1. The van der Waals surface area contributed by atoms with E-state index < -0.39 is 0 Å². The first kappa shape index (κ1) is 13.5. The highest BCUT2D eigenvalue weighted by atomic mass is 16.2. The van der Waals surface area contributed by atoms with Crippen LogP contribution in [0.25, 0.3) is 0 Å². The summed E-state index contributed by atoms with van der Waals surface area (Å²) in [6.07, 6.45) is 7.18. The molecule has 2 unspecified atom stereocenters. The van der Waals surface area contributed by atoms with E-state index in [1.165, 1.54) is 25.7 Å². The molecule has 0 aliphatic carbocycles. The molecule has 1 aliphatic rings. The monoisotopic (exact) mass is 226 g/mol. The Morgan fingerprint density at radius 2 is 2.12 bits per heavy atom. The van der Waals surface area contributed by atoms with Gasteiger partial charge < -0.3 is 4.90 Å². The lowest BCUT2D eigenvalue weighted by Gasteiger charge is -2.23. The van der Waals surface area contributed by atoms with Gasteiger partial charge in [-0.2, -0.15) is 0 Å². The maximum absolute atomic E-state index is 11.9. The first-order chi connectivity index (χ1) is 7.70. The fourth-order valence-electron chi connectivity index (χ4n) is 2.29. The Labute approximate surface area is 99.6 Å². The van der Waals surface area contributed by atoms with Gasteiger partial charge in [-0.05, 0) is 19.8 Å². The van der Waals surface area contributed by atoms with Crippen LogP contribution in [-0.4, -0.2) is 29.6 Å². The van der Waals surface area contributed by atoms with Crippen molar-refractivity contribution in [3.63, 3.8) is 0 Å². The number of hydrogen-bond acceptors (Lipinski definition) is 2. The number of carbonyl (C=O) groups is 1. The van der Waals surface area contributed by atoms with E-state index in [1.807, 2.05) is 4.90 Å². The minimum Gasteiger partial charge on any atom is -0.326 e. The smallest absolute Gasteiger partial charge is 0.241 e. The minimum absolute atomic E-state index is 0.0677. The average molecular weight is 226 g/mol. The molecule has 0 aromatic carbocycles. The van der Waals surface area contributed by atoms with E-state index in [9.17, 15) is 4.79 Å². The van der Waals surface area contributed by atoms with Gasteiger partial charge in [0.2, 0.25) is 5.91 Å². The van der Waals surface area contributed by atoms with E-state index in [1.54, 1.807) is 0 Å². The summed E-state index contributed by atoms with van der Waals surface area (Å²) in [6, 6.07) is 0.464. The van der Waals surface area contributed by atoms with Gasteiger partial charge in [-0.25, -0.2) is 0 Å². The van der Waals surface area contributed by atoms with E-state index >= 15 is 0 Å². The molecule has 1 saturated heterocycles. The summed E-state index contributed by atoms with van der Waals surface area (Å²) in [7, 11) is 0. The summed E-state index contributed by atoms with van der Waals surface area (Å²) in [4.78, 5) is 13.9. The Morgan fingerprint density at radius 1 is 1.38 bits per heavy atom. The van der Waals surface area contributed by atoms with Crippen LogP contribution in [0.5, 0.6) is 0 Å². The molecule has 0 aromatic heterocycles. The minimum atomic E-state index is 0.0677. The second-order valence-electron chi connectivity index (χ2n) is 4.83. The zero-order valence-corrected chi connectivity index (χ0v) is 11.0. The predicted octanol–water partition coefficient (Wildman–Crippen LogP) is 2.51. The Morgan fingerprint density at radius 3 is 2.69 bits per heavy atom. The van der Waals surface area contributed by atoms with Crippen LogP contribution in [0.1, 0.15) is 59.3 Å². The molecule has 16 heavy (non-hydrogen) atoms. The number of carbonyl (C=O) groups excluding carboxylic acids is 1. The van der Waals surface area contributed by atoms with Crippen LogP contribution in [-0.2, 0) is 4.79 Å². The van der Waals surface area contributed by atoms with E-state index in [0.29, 0.717) is 11.9 Å². The quantitative estimate of drug-likeness (QED) is 0.677. The molecule has 3 heteroatoms. The van der Waals surface area contributed by atoms with Gasteiger partial charge in [0.25, 0.3) is 0 Å². The van der Waals surface area contributed by atoms with Gasteiger partial charge in [-0.15, -0.1) is 0 Å². The van der Waals surface area contributed by atoms with Gasteiger partial charge in [0.05, 0.1) is 12.7 Å². The summed E-state index contributed by atoms with van der Waals surface area (Å²) in [6.45, 7) is 7.20. The highest BCUT2D eigenvalue weighted by Crippen LogP contribution is 2.15. The fourth-order valence-corrected chi connectivity index (χ4v) is 2.29. The topological polar surface area (TPSA) is 32.3 Å². The second kappa shape index (κ2) is 6.89. The lowest BCUT2D eigenvalue weighted by Crippen LogP contribution is -2.36. The van der Waals surface area contributed by atoms with Crippen LogP contribution >= 0.6 is 0 Å². The molecule has 1 N–H and O–H groups in total. The average Bonchev–Trinajstić information content (AvgIpc) is 2.65. The van der Waals surface area contributed by atoms with Gasteiger partial charge in [0, 0.05) is 6.04 Å². The van der Waals surface area contributed by atoms with Crippen molar-refractivity contribution >= 4 is 5.91 Å². The molecular formula is C13H26N2O. The molecule has 3 nitrogen and oxygen atoms in total. The standard InChI is InChI=1S/C13H26N2O/c1-4-6-7-8-9-11(3)15-10-14-12(5-2)13(15)16/h11-12,14H,4-10H2,1-3H3. The summed E-state index contributed by atoms with van der Waals surface area (Å²) >= 11 is 0. The number of hydrogen-bond donors (Lipinski definition) is 1. The van der Waals surface area contributed by atoms with Crippen LogP contribution in [0.4, 0.5) is 0 Å². The third-order valence-corrected chi connectivity index (χ3v) is 3.50. The third kappa shape index (κ3) is 3.48. The van der Waals surface area contributed by atoms with Crippen LogP contribution in [0.2, 0.25) is 0 Å². The molecular weight excluding hydrogens is 200 g/mol. The lowest BCUT2D eigenvalue weighted by atomic mass is 10.1. The molecule has 1 aliphatic heterocycles. The summed E-state index contributed by atoms with van der Waals surface area (Å²) in [5, 5.41) is 3.26. The first-order valence-electron chi connectivity index (χ1n) is 6.74. The summed E-state index contributed by atoms with van der Waals surface area (Å²) in [5.41, 5.74) is 0. The maximum Gasteiger partial charge on any atom is 0.241 e. The number of nitrogens with one attached hydrogen (secondary N) is 1. The molecule has 94 valence electrons. The van der Waals surface area contributed by atoms with E-state index in [4.69, 9.17) is 0 Å². The van der Waals surface area contributed by atoms with Crippen LogP contribution < -0.4 is 5.32 Å². The Balaban J connectivity index is 2.26. The zero-order valence-electron chi connectivity index (χ0n) is 11.0. The van der Waals surface area contributed by atoms with E-state index in [0.717, 1.165) is 19.5 Å². The number of unbranched alkanes of at least 4 members (excludes halogenated alkanes) is 3. The molecule has 1 fully saturated rings. The lowest BCUT2D eigenvalue weighted by molar-refractivity contribution is -0.130. The molecule has 0 spiro atoms. The maximum atomic E-state index is 11.9. The Kier molecular flexibility index (Phi) is 5.81. The van der Waals surface area contributed by atoms with Crippen molar-refractivity contribution in [2.24, 2.45) is 0 Å². The molecule has 0 bridgehead atoms. The molecule has 1 heterocycles. The van der Waals surface area contributed by atoms with Crippen molar-refractivity contribution in [1.29, 1.82) is 0 Å². The van der Waals surface area contributed by atoms with Crippen LogP contribution in [0, 0.1) is 0 Å². The summed E-state index contributed by atoms with van der Waals surface area (Å²) < 4.78 is 0. The van der Waals surface area contributed by atoms with E-state index in [2.05, 4.69) is 26.1 Å². The number of nitrogens with zero attached hydrogens (tertiary/aromatic N) is 1. The Bertz CT molecular complexity index is 218. The van der Waals surface area contributed by atoms with E-state index in [-0.39, 0.29) is 6.04 Å². The number of rotatable bonds is 7. The van der Waals surface area contributed by atoms with Gasteiger partial charge in [0.15, 0.2) is 0 Å². The van der Waals surface area contributed by atoms with Crippen LogP contribution in [0.15, 0.2) is 0 Å². The fraction of sp³-hybridized carbons (Fsp3) is 0.923.